The molecule has 0 amide bonds. The normalized spacial score (nSPS) is 25.9. The molecule has 0 heterocycles. The van der Waals surface area contributed by atoms with E-state index in [1.54, 1.807) is 19.1 Å². The van der Waals surface area contributed by atoms with Crippen LogP contribution in [0, 0.1) is 5.82 Å². The van der Waals surface area contributed by atoms with E-state index < -0.39 is 11.9 Å². The smallest absolute Gasteiger partial charge is 0.165 e. The predicted molar refractivity (Wildman–Crippen MR) is 63.3 cm³/mol. The standard InChI is InChI=1S/C13H18FNO2/c1-8(15)9-5-6-12(10(14)7-9)17-13-4-2-3-11(13)16/h5-8,11,13,16H,2-4,15H2,1H3/t8-,11?,13?/m0/s1. The molecule has 94 valence electrons. The van der Waals surface area contributed by atoms with Crippen LogP contribution in [0.5, 0.6) is 5.75 Å². The van der Waals surface area contributed by atoms with Crippen LogP contribution in [0.3, 0.4) is 0 Å². The summed E-state index contributed by atoms with van der Waals surface area (Å²) in [5.74, 6) is -0.223. The van der Waals surface area contributed by atoms with Gasteiger partial charge in [-0.2, -0.15) is 0 Å². The van der Waals surface area contributed by atoms with E-state index in [2.05, 4.69) is 0 Å². The number of rotatable bonds is 3. The van der Waals surface area contributed by atoms with E-state index in [0.717, 1.165) is 24.8 Å². The summed E-state index contributed by atoms with van der Waals surface area (Å²) in [7, 11) is 0. The van der Waals surface area contributed by atoms with E-state index in [9.17, 15) is 9.50 Å². The van der Waals surface area contributed by atoms with Crippen LogP contribution in [0.25, 0.3) is 0 Å². The Kier molecular flexibility index (Phi) is 3.64. The van der Waals surface area contributed by atoms with Gasteiger partial charge in [0.1, 0.15) is 6.10 Å². The van der Waals surface area contributed by atoms with E-state index in [-0.39, 0.29) is 17.9 Å². The molecule has 1 aliphatic rings. The highest BCUT2D eigenvalue weighted by Crippen LogP contribution is 2.27. The third-order valence-electron chi connectivity index (χ3n) is 3.18. The third kappa shape index (κ3) is 2.76. The summed E-state index contributed by atoms with van der Waals surface area (Å²) in [6.45, 7) is 1.80. The Hall–Kier alpha value is -1.13. The van der Waals surface area contributed by atoms with Crippen molar-refractivity contribution in [2.24, 2.45) is 5.73 Å². The van der Waals surface area contributed by atoms with Gasteiger partial charge in [0.05, 0.1) is 6.10 Å². The van der Waals surface area contributed by atoms with Crippen molar-refractivity contribution >= 4 is 0 Å². The molecule has 0 spiro atoms. The molecule has 1 aromatic carbocycles. The van der Waals surface area contributed by atoms with Crippen molar-refractivity contribution in [3.8, 4) is 5.75 Å². The van der Waals surface area contributed by atoms with Gasteiger partial charge in [0, 0.05) is 6.04 Å². The first-order valence-electron chi connectivity index (χ1n) is 5.97. The molecule has 0 aromatic heterocycles. The van der Waals surface area contributed by atoms with Crippen molar-refractivity contribution in [1.82, 2.24) is 0 Å². The van der Waals surface area contributed by atoms with Crippen molar-refractivity contribution in [2.75, 3.05) is 0 Å². The Bertz CT molecular complexity index is 395. The molecule has 3 nitrogen and oxygen atoms in total. The lowest BCUT2D eigenvalue weighted by atomic mass is 10.1. The van der Waals surface area contributed by atoms with Crippen LogP contribution in [0.2, 0.25) is 0 Å². The SMILES string of the molecule is C[C@H](N)c1ccc(OC2CCCC2O)c(F)c1. The van der Waals surface area contributed by atoms with Gasteiger partial charge in [-0.3, -0.25) is 0 Å². The van der Waals surface area contributed by atoms with Crippen LogP contribution in [0.1, 0.15) is 37.8 Å². The van der Waals surface area contributed by atoms with E-state index >= 15 is 0 Å². The molecule has 17 heavy (non-hydrogen) atoms. The molecule has 2 rings (SSSR count). The zero-order valence-corrected chi connectivity index (χ0v) is 9.90. The van der Waals surface area contributed by atoms with Crippen LogP contribution in [0.15, 0.2) is 18.2 Å². The fraction of sp³-hybridized carbons (Fsp3) is 0.538. The molecular weight excluding hydrogens is 221 g/mol. The number of hydrogen-bond acceptors (Lipinski definition) is 3. The monoisotopic (exact) mass is 239 g/mol. The van der Waals surface area contributed by atoms with Gasteiger partial charge in [-0.05, 0) is 43.9 Å². The summed E-state index contributed by atoms with van der Waals surface area (Å²) < 4.78 is 19.2. The third-order valence-corrected chi connectivity index (χ3v) is 3.18. The molecule has 4 heteroatoms. The molecule has 0 saturated heterocycles. The molecule has 3 atom stereocenters. The summed E-state index contributed by atoms with van der Waals surface area (Å²) >= 11 is 0. The minimum atomic E-state index is -0.484. The van der Waals surface area contributed by atoms with Gasteiger partial charge in [-0.25, -0.2) is 4.39 Å². The highest BCUT2D eigenvalue weighted by atomic mass is 19.1. The minimum Gasteiger partial charge on any atom is -0.485 e. The van der Waals surface area contributed by atoms with Crippen LogP contribution in [-0.2, 0) is 0 Å². The second-order valence-corrected chi connectivity index (χ2v) is 4.63. The lowest BCUT2D eigenvalue weighted by Gasteiger charge is -2.18. The largest absolute Gasteiger partial charge is 0.485 e. The lowest BCUT2D eigenvalue weighted by Crippen LogP contribution is -2.26. The van der Waals surface area contributed by atoms with E-state index in [1.165, 1.54) is 6.07 Å². The molecule has 0 radical (unpaired) electrons. The predicted octanol–water partition coefficient (Wildman–Crippen LogP) is 2.14. The Morgan fingerprint density at radius 1 is 1.47 bits per heavy atom. The van der Waals surface area contributed by atoms with Crippen molar-refractivity contribution in [3.05, 3.63) is 29.6 Å². The first kappa shape index (κ1) is 12.3. The number of benzene rings is 1. The van der Waals surface area contributed by atoms with Gasteiger partial charge in [-0.1, -0.05) is 6.07 Å². The summed E-state index contributed by atoms with van der Waals surface area (Å²) in [6.07, 6.45) is 1.65. The fourth-order valence-corrected chi connectivity index (χ4v) is 2.10. The summed E-state index contributed by atoms with van der Waals surface area (Å²) in [4.78, 5) is 0. The molecule has 1 aromatic rings. The number of hydrogen-bond donors (Lipinski definition) is 2. The second kappa shape index (κ2) is 5.02. The van der Waals surface area contributed by atoms with Gasteiger partial charge >= 0.3 is 0 Å². The minimum absolute atomic E-state index is 0.195. The maximum atomic E-state index is 13.7. The molecule has 3 N–H and O–H groups in total. The van der Waals surface area contributed by atoms with Gasteiger partial charge in [0.25, 0.3) is 0 Å². The van der Waals surface area contributed by atoms with Crippen molar-refractivity contribution < 1.29 is 14.2 Å². The highest BCUT2D eigenvalue weighted by molar-refractivity contribution is 5.31. The summed E-state index contributed by atoms with van der Waals surface area (Å²) in [6, 6.07) is 4.53. The number of halogens is 1. The van der Waals surface area contributed by atoms with E-state index in [0.29, 0.717) is 0 Å². The number of nitrogens with two attached hydrogens (primary N) is 1. The maximum absolute atomic E-state index is 13.7. The lowest BCUT2D eigenvalue weighted by molar-refractivity contribution is 0.0578. The average molecular weight is 239 g/mol. The van der Waals surface area contributed by atoms with Crippen LogP contribution in [0.4, 0.5) is 4.39 Å². The molecule has 1 fully saturated rings. The number of aliphatic hydroxyl groups excluding tert-OH is 1. The number of ether oxygens (including phenoxy) is 1. The number of aliphatic hydroxyl groups is 1. The fourth-order valence-electron chi connectivity index (χ4n) is 2.10. The Balaban J connectivity index is 2.11. The summed E-state index contributed by atoms with van der Waals surface area (Å²) in [5.41, 5.74) is 6.41. The molecule has 2 unspecified atom stereocenters. The van der Waals surface area contributed by atoms with Gasteiger partial charge in [0.15, 0.2) is 11.6 Å². The molecular formula is C13H18FNO2. The first-order chi connectivity index (χ1) is 8.08. The quantitative estimate of drug-likeness (QED) is 0.849. The van der Waals surface area contributed by atoms with Crippen molar-refractivity contribution in [1.29, 1.82) is 0 Å². The molecule has 1 aliphatic carbocycles. The molecule has 0 bridgehead atoms. The second-order valence-electron chi connectivity index (χ2n) is 4.63. The van der Waals surface area contributed by atoms with Crippen molar-refractivity contribution in [2.45, 2.75) is 44.4 Å². The van der Waals surface area contributed by atoms with E-state index in [1.807, 2.05) is 0 Å². The van der Waals surface area contributed by atoms with Gasteiger partial charge in [0.2, 0.25) is 0 Å². The van der Waals surface area contributed by atoms with E-state index in [4.69, 9.17) is 10.5 Å². The zero-order chi connectivity index (χ0) is 12.4. The summed E-state index contributed by atoms with van der Waals surface area (Å²) in [5, 5.41) is 9.62. The molecule has 0 aliphatic heterocycles. The van der Waals surface area contributed by atoms with Gasteiger partial charge < -0.3 is 15.6 Å². The zero-order valence-electron chi connectivity index (χ0n) is 9.90. The Morgan fingerprint density at radius 3 is 2.76 bits per heavy atom. The van der Waals surface area contributed by atoms with Crippen LogP contribution >= 0.6 is 0 Å². The first-order valence-corrected chi connectivity index (χ1v) is 5.97. The Labute approximate surface area is 100 Å². The van der Waals surface area contributed by atoms with Crippen LogP contribution < -0.4 is 10.5 Å². The Morgan fingerprint density at radius 2 is 2.24 bits per heavy atom. The molecule has 1 saturated carbocycles. The average Bonchev–Trinajstić information content (AvgIpc) is 2.67. The topological polar surface area (TPSA) is 55.5 Å². The van der Waals surface area contributed by atoms with Gasteiger partial charge in [-0.15, -0.1) is 0 Å². The van der Waals surface area contributed by atoms with Crippen LogP contribution in [-0.4, -0.2) is 17.3 Å². The highest BCUT2D eigenvalue weighted by Gasteiger charge is 2.27. The maximum Gasteiger partial charge on any atom is 0.165 e. The van der Waals surface area contributed by atoms with Crippen molar-refractivity contribution in [3.63, 3.8) is 0 Å².